The van der Waals surface area contributed by atoms with Gasteiger partial charge < -0.3 is 20.7 Å². The number of hydrogen-bond donors (Lipinski definition) is 3. The number of rotatable bonds is 3. The fraction of sp³-hybridized carbons (Fsp3) is 0. The van der Waals surface area contributed by atoms with Gasteiger partial charge in [0, 0.05) is 22.0 Å². The van der Waals surface area contributed by atoms with Crippen LogP contribution < -0.4 is 40.6 Å². The van der Waals surface area contributed by atoms with Crippen LogP contribution in [0.25, 0.3) is 10.8 Å². The minimum Gasteiger partial charge on any atom is -0.744 e. The summed E-state index contributed by atoms with van der Waals surface area (Å²) in [5.74, 6) is -0.750. The molecule has 7 nitrogen and oxygen atoms in total. The van der Waals surface area contributed by atoms with Crippen molar-refractivity contribution in [3.8, 4) is 5.75 Å². The van der Waals surface area contributed by atoms with Gasteiger partial charge in [0.25, 0.3) is 5.91 Å². The van der Waals surface area contributed by atoms with Gasteiger partial charge in [-0.3, -0.25) is 4.79 Å². The molecule has 0 heterocycles. The molecule has 9 heteroatoms. The summed E-state index contributed by atoms with van der Waals surface area (Å²) in [5, 5.41) is 12.8. The molecule has 3 aromatic carbocycles. The minimum absolute atomic E-state index is 0. The van der Waals surface area contributed by atoms with Crippen molar-refractivity contribution in [1.82, 2.24) is 0 Å². The van der Waals surface area contributed by atoms with Crippen LogP contribution in [0.3, 0.4) is 0 Å². The zero-order valence-electron chi connectivity index (χ0n) is 13.8. The Balaban J connectivity index is 0.00000243. The van der Waals surface area contributed by atoms with Gasteiger partial charge in [-0.2, -0.15) is 0 Å². The first-order valence-corrected chi connectivity index (χ1v) is 8.55. The molecule has 0 atom stereocenters. The van der Waals surface area contributed by atoms with Crippen LogP contribution in [0.1, 0.15) is 10.4 Å². The van der Waals surface area contributed by atoms with E-state index in [2.05, 4.69) is 5.32 Å². The summed E-state index contributed by atoms with van der Waals surface area (Å²) in [6.07, 6.45) is 0. The standard InChI is InChI=1S/C17H14N2O5S.Na/c18-11-4-1-3-10(9-11)17(21)19-13-7-8-15(25(22,23)24)12-5-2-6-14(20)16(12)13;/h1-9,20H,18H2,(H,19,21)(H,22,23,24);/q;+1/p-1. The zero-order chi connectivity index (χ0) is 18.2. The number of nitrogens with two attached hydrogens (primary N) is 1. The van der Waals surface area contributed by atoms with E-state index >= 15 is 0 Å². The number of amides is 1. The van der Waals surface area contributed by atoms with Crippen molar-refractivity contribution in [3.05, 3.63) is 60.2 Å². The first-order valence-electron chi connectivity index (χ1n) is 7.15. The molecule has 0 aliphatic heterocycles. The number of fused-ring (bicyclic) bond motifs is 1. The fourth-order valence-electron chi connectivity index (χ4n) is 2.56. The minimum atomic E-state index is -4.74. The average Bonchev–Trinajstić information content (AvgIpc) is 2.54. The summed E-state index contributed by atoms with van der Waals surface area (Å²) in [6, 6.07) is 12.8. The molecule has 128 valence electrons. The van der Waals surface area contributed by atoms with Crippen LogP contribution in [0.2, 0.25) is 0 Å². The van der Waals surface area contributed by atoms with E-state index in [1.165, 1.54) is 30.3 Å². The SMILES string of the molecule is Nc1cccc(C(=O)Nc2ccc(S(=O)(=O)[O-])c3cccc(O)c23)c1.[Na+]. The molecule has 1 amide bonds. The van der Waals surface area contributed by atoms with Crippen molar-refractivity contribution in [1.29, 1.82) is 0 Å². The number of aromatic hydroxyl groups is 1. The van der Waals surface area contributed by atoms with E-state index in [0.29, 0.717) is 11.3 Å². The van der Waals surface area contributed by atoms with Crippen LogP contribution in [0.4, 0.5) is 11.4 Å². The Labute approximate surface area is 171 Å². The Morgan fingerprint density at radius 2 is 1.77 bits per heavy atom. The average molecular weight is 380 g/mol. The van der Waals surface area contributed by atoms with E-state index in [9.17, 15) is 22.9 Å². The molecule has 0 spiro atoms. The molecule has 0 unspecified atom stereocenters. The quantitative estimate of drug-likeness (QED) is 0.312. The summed E-state index contributed by atoms with van der Waals surface area (Å²) in [4.78, 5) is 11.9. The second-order valence-electron chi connectivity index (χ2n) is 5.34. The number of phenols is 1. The van der Waals surface area contributed by atoms with E-state index in [-0.39, 0.29) is 51.8 Å². The predicted molar refractivity (Wildman–Crippen MR) is 92.4 cm³/mol. The number of nitrogen functional groups attached to an aromatic ring is 1. The van der Waals surface area contributed by atoms with E-state index in [1.54, 1.807) is 18.2 Å². The smallest absolute Gasteiger partial charge is 0.744 e. The van der Waals surface area contributed by atoms with E-state index < -0.39 is 20.9 Å². The summed E-state index contributed by atoms with van der Waals surface area (Å²) in [5.41, 5.74) is 6.53. The van der Waals surface area contributed by atoms with Crippen molar-refractivity contribution in [2.75, 3.05) is 11.1 Å². The van der Waals surface area contributed by atoms with Crippen LogP contribution >= 0.6 is 0 Å². The third-order valence-corrected chi connectivity index (χ3v) is 4.54. The monoisotopic (exact) mass is 380 g/mol. The maximum atomic E-state index is 12.4. The Morgan fingerprint density at radius 3 is 2.42 bits per heavy atom. The van der Waals surface area contributed by atoms with Crippen LogP contribution in [0, 0.1) is 0 Å². The van der Waals surface area contributed by atoms with Gasteiger partial charge in [0.05, 0.1) is 10.6 Å². The van der Waals surface area contributed by atoms with Crippen LogP contribution in [0.5, 0.6) is 5.75 Å². The van der Waals surface area contributed by atoms with Crippen LogP contribution in [-0.4, -0.2) is 24.0 Å². The summed E-state index contributed by atoms with van der Waals surface area (Å²) < 4.78 is 34.2. The molecule has 0 bridgehead atoms. The number of phenolic OH excluding ortho intramolecular Hbond substituents is 1. The Bertz CT molecular complexity index is 1100. The maximum Gasteiger partial charge on any atom is 1.00 e. The molecule has 0 radical (unpaired) electrons. The molecule has 0 fully saturated rings. The summed E-state index contributed by atoms with van der Waals surface area (Å²) in [7, 11) is -4.74. The largest absolute Gasteiger partial charge is 1.00 e. The van der Waals surface area contributed by atoms with Crippen molar-refractivity contribution in [2.24, 2.45) is 0 Å². The number of nitrogens with one attached hydrogen (secondary N) is 1. The Hall–Kier alpha value is -2.10. The molecule has 0 aliphatic carbocycles. The molecule has 0 saturated heterocycles. The number of carbonyl (C=O) groups is 1. The first kappa shape index (κ1) is 20.2. The normalized spacial score (nSPS) is 11.0. The third-order valence-electron chi connectivity index (χ3n) is 3.64. The summed E-state index contributed by atoms with van der Waals surface area (Å²) in [6.45, 7) is 0. The Morgan fingerprint density at radius 1 is 1.08 bits per heavy atom. The van der Waals surface area contributed by atoms with Gasteiger partial charge >= 0.3 is 29.6 Å². The van der Waals surface area contributed by atoms with Crippen molar-refractivity contribution in [3.63, 3.8) is 0 Å². The van der Waals surface area contributed by atoms with Gasteiger partial charge in [-0.15, -0.1) is 0 Å². The van der Waals surface area contributed by atoms with Gasteiger partial charge in [0.15, 0.2) is 0 Å². The maximum absolute atomic E-state index is 12.4. The van der Waals surface area contributed by atoms with Gasteiger partial charge in [-0.05, 0) is 36.4 Å². The molecule has 4 N–H and O–H groups in total. The Kier molecular flexibility index (Phi) is 5.94. The molecule has 0 saturated carbocycles. The second kappa shape index (κ2) is 7.65. The molecule has 0 aromatic heterocycles. The molecular formula is C17H13N2NaO5S. The van der Waals surface area contributed by atoms with E-state index in [0.717, 1.165) is 6.07 Å². The number of benzene rings is 3. The first-order chi connectivity index (χ1) is 11.8. The number of carbonyl (C=O) groups excluding carboxylic acids is 1. The second-order valence-corrected chi connectivity index (χ2v) is 6.69. The van der Waals surface area contributed by atoms with Crippen LogP contribution in [-0.2, 0) is 10.1 Å². The van der Waals surface area contributed by atoms with Crippen molar-refractivity contribution >= 4 is 38.2 Å². The van der Waals surface area contributed by atoms with Crippen LogP contribution in [0.15, 0.2) is 59.5 Å². The van der Waals surface area contributed by atoms with Crippen molar-refractivity contribution < 1.29 is 52.4 Å². The summed E-state index contributed by atoms with van der Waals surface area (Å²) >= 11 is 0. The number of anilines is 2. The molecular weight excluding hydrogens is 367 g/mol. The van der Waals surface area contributed by atoms with E-state index in [4.69, 9.17) is 5.73 Å². The number of hydrogen-bond acceptors (Lipinski definition) is 6. The van der Waals surface area contributed by atoms with Gasteiger partial charge in [0.1, 0.15) is 15.9 Å². The van der Waals surface area contributed by atoms with Crippen molar-refractivity contribution in [2.45, 2.75) is 4.90 Å². The molecule has 3 aromatic rings. The molecule has 26 heavy (non-hydrogen) atoms. The molecule has 3 rings (SSSR count). The van der Waals surface area contributed by atoms with Gasteiger partial charge in [0.2, 0.25) is 0 Å². The van der Waals surface area contributed by atoms with Gasteiger partial charge in [-0.1, -0.05) is 18.2 Å². The zero-order valence-corrected chi connectivity index (χ0v) is 16.6. The topological polar surface area (TPSA) is 133 Å². The van der Waals surface area contributed by atoms with Gasteiger partial charge in [-0.25, -0.2) is 8.42 Å². The fourth-order valence-corrected chi connectivity index (χ4v) is 3.23. The predicted octanol–water partition coefficient (Wildman–Crippen LogP) is -0.712. The third kappa shape index (κ3) is 4.00. The molecule has 0 aliphatic rings. The van der Waals surface area contributed by atoms with E-state index in [1.807, 2.05) is 0 Å².